The van der Waals surface area contributed by atoms with Gasteiger partial charge in [-0.1, -0.05) is 39.5 Å². The van der Waals surface area contributed by atoms with Gasteiger partial charge in [0.25, 0.3) is 0 Å². The van der Waals surface area contributed by atoms with Crippen molar-refractivity contribution in [1.29, 1.82) is 0 Å². The predicted molar refractivity (Wildman–Crippen MR) is 67.0 cm³/mol. The van der Waals surface area contributed by atoms with Crippen LogP contribution in [-0.4, -0.2) is 18.1 Å². The molecule has 0 aromatic carbocycles. The second-order valence-corrected chi connectivity index (χ2v) is 5.07. The lowest BCUT2D eigenvalue weighted by atomic mass is 9.86. The average Bonchev–Trinajstić information content (AvgIpc) is 2.30. The molecule has 1 atom stereocenters. The van der Waals surface area contributed by atoms with E-state index in [1.165, 1.54) is 44.9 Å². The molecule has 15 heavy (non-hydrogen) atoms. The fourth-order valence-electron chi connectivity index (χ4n) is 2.81. The number of nitrogens with two attached hydrogens (primary N) is 1. The van der Waals surface area contributed by atoms with Crippen molar-refractivity contribution in [1.82, 2.24) is 5.32 Å². The minimum absolute atomic E-state index is 0.219. The molecule has 0 bridgehead atoms. The zero-order valence-electron chi connectivity index (χ0n) is 10.5. The monoisotopic (exact) mass is 212 g/mol. The summed E-state index contributed by atoms with van der Waals surface area (Å²) in [6, 6.07) is 0.730. The Kier molecular flexibility index (Phi) is 5.62. The summed E-state index contributed by atoms with van der Waals surface area (Å²) < 4.78 is 0. The molecule has 90 valence electrons. The summed E-state index contributed by atoms with van der Waals surface area (Å²) in [5, 5.41) is 3.84. The molecular weight excluding hydrogens is 184 g/mol. The summed E-state index contributed by atoms with van der Waals surface area (Å²) in [5.74, 6) is 0. The first-order chi connectivity index (χ1) is 7.26. The predicted octanol–water partition coefficient (Wildman–Crippen LogP) is 2.82. The minimum atomic E-state index is 0.219. The van der Waals surface area contributed by atoms with Gasteiger partial charge < -0.3 is 11.1 Å². The Balaban J connectivity index is 2.47. The summed E-state index contributed by atoms with van der Waals surface area (Å²) in [5.41, 5.74) is 6.18. The van der Waals surface area contributed by atoms with Crippen LogP contribution in [0.2, 0.25) is 0 Å². The van der Waals surface area contributed by atoms with E-state index in [0.29, 0.717) is 0 Å². The Bertz CT molecular complexity index is 158. The van der Waals surface area contributed by atoms with E-state index < -0.39 is 0 Å². The van der Waals surface area contributed by atoms with E-state index in [0.717, 1.165) is 19.0 Å². The Hall–Kier alpha value is -0.0800. The van der Waals surface area contributed by atoms with Gasteiger partial charge >= 0.3 is 0 Å². The largest absolute Gasteiger partial charge is 0.329 e. The highest BCUT2D eigenvalue weighted by molar-refractivity contribution is 4.91. The summed E-state index contributed by atoms with van der Waals surface area (Å²) in [7, 11) is 0. The average molecular weight is 212 g/mol. The van der Waals surface area contributed by atoms with Crippen molar-refractivity contribution in [3.8, 4) is 0 Å². The van der Waals surface area contributed by atoms with Crippen molar-refractivity contribution in [3.63, 3.8) is 0 Å². The molecule has 0 aromatic heterocycles. The van der Waals surface area contributed by atoms with Crippen LogP contribution in [0.4, 0.5) is 0 Å². The first-order valence-corrected chi connectivity index (χ1v) is 6.74. The van der Waals surface area contributed by atoms with E-state index in [4.69, 9.17) is 5.73 Å². The highest BCUT2D eigenvalue weighted by atomic mass is 15.0. The van der Waals surface area contributed by atoms with E-state index in [-0.39, 0.29) is 5.54 Å². The second-order valence-electron chi connectivity index (χ2n) is 5.07. The molecule has 0 aliphatic heterocycles. The van der Waals surface area contributed by atoms with Crippen molar-refractivity contribution in [3.05, 3.63) is 0 Å². The van der Waals surface area contributed by atoms with Gasteiger partial charge in [-0.2, -0.15) is 0 Å². The smallest absolute Gasteiger partial charge is 0.0303 e. The highest BCUT2D eigenvalue weighted by Gasteiger charge is 2.28. The topological polar surface area (TPSA) is 38.0 Å². The van der Waals surface area contributed by atoms with Crippen LogP contribution in [0, 0.1) is 0 Å². The molecule has 1 unspecified atom stereocenters. The molecule has 1 rings (SSSR count). The third-order valence-electron chi connectivity index (χ3n) is 3.91. The van der Waals surface area contributed by atoms with E-state index in [1.54, 1.807) is 0 Å². The lowest BCUT2D eigenvalue weighted by molar-refractivity contribution is 0.229. The van der Waals surface area contributed by atoms with Gasteiger partial charge in [0.1, 0.15) is 0 Å². The van der Waals surface area contributed by atoms with Gasteiger partial charge in [-0.3, -0.25) is 0 Å². The molecule has 1 aliphatic rings. The molecule has 2 nitrogen and oxygen atoms in total. The SMILES string of the molecule is CCCC(CC)(CN)NC1CCCCC1. The Morgan fingerprint density at radius 3 is 2.33 bits per heavy atom. The maximum Gasteiger partial charge on any atom is 0.0303 e. The molecule has 0 amide bonds. The van der Waals surface area contributed by atoms with Crippen LogP contribution < -0.4 is 11.1 Å². The van der Waals surface area contributed by atoms with Gasteiger partial charge in [-0.15, -0.1) is 0 Å². The van der Waals surface area contributed by atoms with E-state index in [2.05, 4.69) is 19.2 Å². The first-order valence-electron chi connectivity index (χ1n) is 6.74. The maximum atomic E-state index is 5.96. The van der Waals surface area contributed by atoms with Crippen LogP contribution >= 0.6 is 0 Å². The van der Waals surface area contributed by atoms with Crippen LogP contribution in [0.5, 0.6) is 0 Å². The fraction of sp³-hybridized carbons (Fsp3) is 1.00. The van der Waals surface area contributed by atoms with E-state index in [9.17, 15) is 0 Å². The molecule has 0 spiro atoms. The van der Waals surface area contributed by atoms with Gasteiger partial charge in [-0.25, -0.2) is 0 Å². The third kappa shape index (κ3) is 3.76. The highest BCUT2D eigenvalue weighted by Crippen LogP contribution is 2.23. The van der Waals surface area contributed by atoms with Gasteiger partial charge in [0.2, 0.25) is 0 Å². The minimum Gasteiger partial charge on any atom is -0.329 e. The quantitative estimate of drug-likeness (QED) is 0.710. The van der Waals surface area contributed by atoms with Crippen molar-refractivity contribution < 1.29 is 0 Å². The zero-order chi connectivity index (χ0) is 11.1. The Labute approximate surface area is 95.0 Å². The molecule has 1 fully saturated rings. The van der Waals surface area contributed by atoms with Crippen LogP contribution in [0.1, 0.15) is 65.2 Å². The third-order valence-corrected chi connectivity index (χ3v) is 3.91. The number of nitrogens with one attached hydrogen (secondary N) is 1. The second kappa shape index (κ2) is 6.49. The maximum absolute atomic E-state index is 5.96. The molecule has 0 saturated heterocycles. The Morgan fingerprint density at radius 2 is 1.87 bits per heavy atom. The van der Waals surface area contributed by atoms with Gasteiger partial charge in [-0.05, 0) is 25.7 Å². The molecule has 1 aliphatic carbocycles. The van der Waals surface area contributed by atoms with Crippen molar-refractivity contribution in [2.75, 3.05) is 6.54 Å². The van der Waals surface area contributed by atoms with E-state index in [1.807, 2.05) is 0 Å². The summed E-state index contributed by atoms with van der Waals surface area (Å²) in [6.07, 6.45) is 10.5. The molecule has 0 aromatic rings. The van der Waals surface area contributed by atoms with Gasteiger partial charge in [0, 0.05) is 18.1 Å². The number of hydrogen-bond acceptors (Lipinski definition) is 2. The first kappa shape index (κ1) is 13.0. The summed E-state index contributed by atoms with van der Waals surface area (Å²) >= 11 is 0. The summed E-state index contributed by atoms with van der Waals surface area (Å²) in [4.78, 5) is 0. The normalized spacial score (nSPS) is 22.6. The molecule has 0 heterocycles. The van der Waals surface area contributed by atoms with Crippen LogP contribution in [0.25, 0.3) is 0 Å². The van der Waals surface area contributed by atoms with Crippen molar-refractivity contribution >= 4 is 0 Å². The van der Waals surface area contributed by atoms with Crippen molar-refractivity contribution in [2.45, 2.75) is 76.8 Å². The van der Waals surface area contributed by atoms with E-state index >= 15 is 0 Å². The molecule has 1 saturated carbocycles. The lowest BCUT2D eigenvalue weighted by Crippen LogP contribution is -2.55. The molecule has 2 heteroatoms. The lowest BCUT2D eigenvalue weighted by Gasteiger charge is -2.38. The summed E-state index contributed by atoms with van der Waals surface area (Å²) in [6.45, 7) is 5.30. The molecular formula is C13H28N2. The number of rotatable bonds is 6. The Morgan fingerprint density at radius 1 is 1.20 bits per heavy atom. The molecule has 3 N–H and O–H groups in total. The standard InChI is InChI=1S/C13H28N2/c1-3-10-13(4-2,11-14)15-12-8-6-5-7-9-12/h12,15H,3-11,14H2,1-2H3. The van der Waals surface area contributed by atoms with Crippen LogP contribution in [0.3, 0.4) is 0 Å². The molecule has 0 radical (unpaired) electrons. The van der Waals surface area contributed by atoms with Crippen LogP contribution in [-0.2, 0) is 0 Å². The van der Waals surface area contributed by atoms with Crippen molar-refractivity contribution in [2.24, 2.45) is 5.73 Å². The van der Waals surface area contributed by atoms with Crippen LogP contribution in [0.15, 0.2) is 0 Å². The number of hydrogen-bond donors (Lipinski definition) is 2. The van der Waals surface area contributed by atoms with Gasteiger partial charge in [0.05, 0.1) is 0 Å². The van der Waals surface area contributed by atoms with Gasteiger partial charge in [0.15, 0.2) is 0 Å². The zero-order valence-corrected chi connectivity index (χ0v) is 10.5. The fourth-order valence-corrected chi connectivity index (χ4v) is 2.81.